The van der Waals surface area contributed by atoms with Crippen molar-refractivity contribution in [3.63, 3.8) is 0 Å². The van der Waals surface area contributed by atoms with Gasteiger partial charge in [0.1, 0.15) is 0 Å². The van der Waals surface area contributed by atoms with Crippen molar-refractivity contribution in [3.05, 3.63) is 0 Å². The average Bonchev–Trinajstić information content (AvgIpc) is 1.95. The fourth-order valence-corrected chi connectivity index (χ4v) is 1.59. The van der Waals surface area contributed by atoms with Crippen LogP contribution in [0, 0.1) is 0 Å². The van der Waals surface area contributed by atoms with E-state index in [0.717, 1.165) is 6.54 Å². The first-order valence-electron chi connectivity index (χ1n) is 4.19. The highest BCUT2D eigenvalue weighted by Gasteiger charge is 2.22. The predicted molar refractivity (Wildman–Crippen MR) is 44.2 cm³/mol. The van der Waals surface area contributed by atoms with Crippen LogP contribution in [-0.4, -0.2) is 37.1 Å². The molecule has 1 aliphatic heterocycles. The lowest BCUT2D eigenvalue weighted by Crippen LogP contribution is -2.54. The van der Waals surface area contributed by atoms with Gasteiger partial charge < -0.3 is 10.2 Å². The quantitative estimate of drug-likeness (QED) is 0.579. The number of rotatable bonds is 1. The molecule has 1 fully saturated rings. The Labute approximate surface area is 63.6 Å². The number of nitrogens with zero attached hydrogens (tertiary/aromatic N) is 1. The summed E-state index contributed by atoms with van der Waals surface area (Å²) < 4.78 is 0. The molecule has 0 bridgehead atoms. The molecule has 1 N–H and O–H groups in total. The molecule has 0 saturated carbocycles. The van der Waals surface area contributed by atoms with E-state index in [2.05, 4.69) is 31.1 Å². The van der Waals surface area contributed by atoms with Crippen LogP contribution in [0.25, 0.3) is 0 Å². The summed E-state index contributed by atoms with van der Waals surface area (Å²) in [7, 11) is 2.20. The van der Waals surface area contributed by atoms with Gasteiger partial charge >= 0.3 is 0 Å². The van der Waals surface area contributed by atoms with Crippen molar-refractivity contribution in [1.29, 1.82) is 0 Å². The molecule has 0 spiro atoms. The molecular formula is C8H18N2. The number of hydrogen-bond donors (Lipinski definition) is 1. The van der Waals surface area contributed by atoms with E-state index in [1.54, 1.807) is 0 Å². The van der Waals surface area contributed by atoms with Gasteiger partial charge in [-0.3, -0.25) is 0 Å². The molecule has 2 nitrogen and oxygen atoms in total. The molecule has 1 aliphatic rings. The van der Waals surface area contributed by atoms with Crippen LogP contribution in [0.2, 0.25) is 0 Å². The highest BCUT2D eigenvalue weighted by molar-refractivity contribution is 4.83. The first kappa shape index (κ1) is 8.02. The third-order valence-corrected chi connectivity index (χ3v) is 2.59. The third kappa shape index (κ3) is 1.50. The summed E-state index contributed by atoms with van der Waals surface area (Å²) in [5.74, 6) is 0. The van der Waals surface area contributed by atoms with E-state index in [9.17, 15) is 0 Å². The Morgan fingerprint density at radius 3 is 2.80 bits per heavy atom. The lowest BCUT2D eigenvalue weighted by Gasteiger charge is -2.37. The van der Waals surface area contributed by atoms with Gasteiger partial charge in [-0.1, -0.05) is 6.92 Å². The third-order valence-electron chi connectivity index (χ3n) is 2.59. The predicted octanol–water partition coefficient (Wildman–Crippen LogP) is 0.688. The first-order chi connectivity index (χ1) is 4.75. The monoisotopic (exact) mass is 142 g/mol. The standard InChI is InChI=1S/C8H18N2/c1-4-8-7(2)10(3)6-5-9-8/h7-9H,4-6H2,1-3H3/t7-,8?/m1/s1. The van der Waals surface area contributed by atoms with Crippen LogP contribution in [0.4, 0.5) is 0 Å². The lowest BCUT2D eigenvalue weighted by molar-refractivity contribution is 0.161. The molecule has 0 aliphatic carbocycles. The van der Waals surface area contributed by atoms with Crippen LogP contribution in [0.5, 0.6) is 0 Å². The van der Waals surface area contributed by atoms with Gasteiger partial charge in [0.2, 0.25) is 0 Å². The molecule has 10 heavy (non-hydrogen) atoms. The molecule has 1 saturated heterocycles. The van der Waals surface area contributed by atoms with Gasteiger partial charge in [-0.05, 0) is 20.4 Å². The maximum Gasteiger partial charge on any atom is 0.0218 e. The van der Waals surface area contributed by atoms with E-state index < -0.39 is 0 Å². The molecule has 60 valence electrons. The van der Waals surface area contributed by atoms with Crippen LogP contribution in [0.15, 0.2) is 0 Å². The van der Waals surface area contributed by atoms with Crippen molar-refractivity contribution in [2.75, 3.05) is 20.1 Å². The molecule has 2 atom stereocenters. The van der Waals surface area contributed by atoms with Crippen molar-refractivity contribution in [2.45, 2.75) is 32.4 Å². The van der Waals surface area contributed by atoms with Crippen molar-refractivity contribution >= 4 is 0 Å². The smallest absolute Gasteiger partial charge is 0.0218 e. The zero-order chi connectivity index (χ0) is 7.56. The van der Waals surface area contributed by atoms with E-state index >= 15 is 0 Å². The Morgan fingerprint density at radius 1 is 1.60 bits per heavy atom. The Morgan fingerprint density at radius 2 is 2.30 bits per heavy atom. The zero-order valence-corrected chi connectivity index (χ0v) is 7.22. The second-order valence-corrected chi connectivity index (χ2v) is 3.19. The normalized spacial score (nSPS) is 36.3. The second kappa shape index (κ2) is 3.35. The number of hydrogen-bond acceptors (Lipinski definition) is 2. The van der Waals surface area contributed by atoms with Gasteiger partial charge in [-0.15, -0.1) is 0 Å². The summed E-state index contributed by atoms with van der Waals surface area (Å²) >= 11 is 0. The van der Waals surface area contributed by atoms with Crippen LogP contribution >= 0.6 is 0 Å². The van der Waals surface area contributed by atoms with E-state index in [1.165, 1.54) is 13.0 Å². The Bertz CT molecular complexity index is 103. The summed E-state index contributed by atoms with van der Waals surface area (Å²) in [6.07, 6.45) is 1.24. The van der Waals surface area contributed by atoms with Gasteiger partial charge in [0.25, 0.3) is 0 Å². The van der Waals surface area contributed by atoms with Crippen molar-refractivity contribution < 1.29 is 0 Å². The molecular weight excluding hydrogens is 124 g/mol. The van der Waals surface area contributed by atoms with Crippen molar-refractivity contribution in [3.8, 4) is 0 Å². The van der Waals surface area contributed by atoms with Gasteiger partial charge in [0.15, 0.2) is 0 Å². The molecule has 0 aromatic carbocycles. The molecule has 2 heteroatoms. The largest absolute Gasteiger partial charge is 0.311 e. The van der Waals surface area contributed by atoms with Gasteiger partial charge in [0.05, 0.1) is 0 Å². The second-order valence-electron chi connectivity index (χ2n) is 3.19. The number of likely N-dealkylation sites (N-methyl/N-ethyl adjacent to an activating group) is 1. The molecule has 1 unspecified atom stereocenters. The topological polar surface area (TPSA) is 15.3 Å². The SMILES string of the molecule is CCC1NCCN(C)[C@@H]1C. The van der Waals surface area contributed by atoms with Gasteiger partial charge in [-0.2, -0.15) is 0 Å². The summed E-state index contributed by atoms with van der Waals surface area (Å²) in [6, 6.07) is 1.41. The zero-order valence-electron chi connectivity index (χ0n) is 7.22. The molecule has 0 amide bonds. The molecule has 0 radical (unpaired) electrons. The average molecular weight is 142 g/mol. The highest BCUT2D eigenvalue weighted by Crippen LogP contribution is 2.08. The molecule has 0 aromatic rings. The number of piperazine rings is 1. The van der Waals surface area contributed by atoms with E-state index in [0.29, 0.717) is 12.1 Å². The summed E-state index contributed by atoms with van der Waals surface area (Å²) in [6.45, 7) is 6.88. The number of nitrogens with one attached hydrogen (secondary N) is 1. The maximum absolute atomic E-state index is 3.51. The molecule has 1 heterocycles. The van der Waals surface area contributed by atoms with Crippen LogP contribution < -0.4 is 5.32 Å². The van der Waals surface area contributed by atoms with Gasteiger partial charge in [0, 0.05) is 25.2 Å². The maximum atomic E-state index is 3.51. The summed E-state index contributed by atoms with van der Waals surface area (Å²) in [5.41, 5.74) is 0. The van der Waals surface area contributed by atoms with E-state index in [4.69, 9.17) is 0 Å². The fourth-order valence-electron chi connectivity index (χ4n) is 1.59. The Kier molecular flexibility index (Phi) is 2.69. The van der Waals surface area contributed by atoms with Crippen molar-refractivity contribution in [1.82, 2.24) is 10.2 Å². The van der Waals surface area contributed by atoms with Crippen LogP contribution in [-0.2, 0) is 0 Å². The Balaban J connectivity index is 2.42. The lowest BCUT2D eigenvalue weighted by atomic mass is 10.0. The van der Waals surface area contributed by atoms with Crippen LogP contribution in [0.1, 0.15) is 20.3 Å². The fraction of sp³-hybridized carbons (Fsp3) is 1.00. The van der Waals surface area contributed by atoms with Crippen molar-refractivity contribution in [2.24, 2.45) is 0 Å². The summed E-state index contributed by atoms with van der Waals surface area (Å²) in [5, 5.41) is 3.51. The van der Waals surface area contributed by atoms with Crippen LogP contribution in [0.3, 0.4) is 0 Å². The highest BCUT2D eigenvalue weighted by atomic mass is 15.2. The minimum absolute atomic E-state index is 0.707. The minimum atomic E-state index is 0.707. The summed E-state index contributed by atoms with van der Waals surface area (Å²) in [4.78, 5) is 2.42. The van der Waals surface area contributed by atoms with Gasteiger partial charge in [-0.25, -0.2) is 0 Å². The minimum Gasteiger partial charge on any atom is -0.311 e. The molecule has 1 rings (SSSR count). The van der Waals surface area contributed by atoms with E-state index in [-0.39, 0.29) is 0 Å². The first-order valence-corrected chi connectivity index (χ1v) is 4.19. The molecule has 0 aromatic heterocycles. The Hall–Kier alpha value is -0.0800. The van der Waals surface area contributed by atoms with E-state index in [1.807, 2.05) is 0 Å².